The Morgan fingerprint density at radius 2 is 1.79 bits per heavy atom. The molecule has 0 saturated heterocycles. The molecule has 28 heavy (non-hydrogen) atoms. The highest BCUT2D eigenvalue weighted by atomic mass is 32.2. The highest BCUT2D eigenvalue weighted by molar-refractivity contribution is 7.90. The second-order valence-electron chi connectivity index (χ2n) is 5.38. The molecule has 0 radical (unpaired) electrons. The lowest BCUT2D eigenvalue weighted by atomic mass is 10.1. The summed E-state index contributed by atoms with van der Waals surface area (Å²) in [5.41, 5.74) is 8.55. The molecule has 0 bridgehead atoms. The third-order valence-electron chi connectivity index (χ3n) is 3.43. The smallest absolute Gasteiger partial charge is 0.420 e. The van der Waals surface area contributed by atoms with Crippen LogP contribution in [-0.4, -0.2) is 23.1 Å². The molecule has 2 aromatic rings. The normalized spacial score (nSPS) is 13.4. The standard InChI is InChI=1S/C16H16F3N5O3S/c1-23-28(22,26)11-5-3-10(4-6-11)27-13-7-2-9(14(25)24-15(20)21)8-12(13)16(17,18)19/h2-8H,1H3,(H2,22,23,26)(H4,20,21,24,25). The summed E-state index contributed by atoms with van der Waals surface area (Å²) < 4.78 is 67.2. The molecule has 1 atom stereocenters. The van der Waals surface area contributed by atoms with Crippen molar-refractivity contribution in [1.82, 2.24) is 4.72 Å². The lowest BCUT2D eigenvalue weighted by Gasteiger charge is -2.15. The van der Waals surface area contributed by atoms with Crippen molar-refractivity contribution in [3.05, 3.63) is 53.6 Å². The summed E-state index contributed by atoms with van der Waals surface area (Å²) in [6.07, 6.45) is -4.81. The zero-order valence-corrected chi connectivity index (χ0v) is 15.2. The van der Waals surface area contributed by atoms with Crippen LogP contribution in [0.25, 0.3) is 0 Å². The number of amides is 1. The number of aliphatic imine (C=N–C) groups is 1. The summed E-state index contributed by atoms with van der Waals surface area (Å²) in [5.74, 6) is -2.14. The highest BCUT2D eigenvalue weighted by Gasteiger charge is 2.35. The van der Waals surface area contributed by atoms with Crippen molar-refractivity contribution in [3.63, 3.8) is 0 Å². The molecular weight excluding hydrogens is 399 g/mol. The van der Waals surface area contributed by atoms with E-state index in [4.69, 9.17) is 21.0 Å². The van der Waals surface area contributed by atoms with Crippen LogP contribution in [0.1, 0.15) is 15.9 Å². The third kappa shape index (κ3) is 4.98. The lowest BCUT2D eigenvalue weighted by molar-refractivity contribution is -0.138. The van der Waals surface area contributed by atoms with Gasteiger partial charge < -0.3 is 16.2 Å². The minimum atomic E-state index is -4.81. The molecule has 1 unspecified atom stereocenters. The molecule has 6 N–H and O–H groups in total. The van der Waals surface area contributed by atoms with Crippen molar-refractivity contribution < 1.29 is 26.9 Å². The minimum Gasteiger partial charge on any atom is -0.457 e. The molecule has 2 aromatic carbocycles. The maximum atomic E-state index is 13.4. The van der Waals surface area contributed by atoms with Crippen LogP contribution in [0.5, 0.6) is 11.5 Å². The van der Waals surface area contributed by atoms with E-state index >= 15 is 0 Å². The molecule has 0 aromatic heterocycles. The van der Waals surface area contributed by atoms with Gasteiger partial charge in [-0.15, -0.1) is 0 Å². The molecule has 0 fully saturated rings. The first kappa shape index (κ1) is 21.2. The Kier molecular flexibility index (Phi) is 5.95. The van der Waals surface area contributed by atoms with Gasteiger partial charge in [0.15, 0.2) is 5.96 Å². The van der Waals surface area contributed by atoms with Gasteiger partial charge in [0, 0.05) is 5.56 Å². The van der Waals surface area contributed by atoms with Crippen LogP contribution in [0, 0.1) is 4.78 Å². The Morgan fingerprint density at radius 1 is 1.18 bits per heavy atom. The van der Waals surface area contributed by atoms with Gasteiger partial charge in [0.25, 0.3) is 5.91 Å². The predicted molar refractivity (Wildman–Crippen MR) is 96.3 cm³/mol. The van der Waals surface area contributed by atoms with Gasteiger partial charge in [0.2, 0.25) is 0 Å². The Hall–Kier alpha value is -3.12. The van der Waals surface area contributed by atoms with Crippen LogP contribution < -0.4 is 20.9 Å². The molecule has 0 aliphatic heterocycles. The Morgan fingerprint density at radius 3 is 2.29 bits per heavy atom. The molecule has 12 heteroatoms. The fraction of sp³-hybridized carbons (Fsp3) is 0.125. The largest absolute Gasteiger partial charge is 0.457 e. The van der Waals surface area contributed by atoms with E-state index in [2.05, 4.69) is 9.71 Å². The fourth-order valence-electron chi connectivity index (χ4n) is 2.10. The van der Waals surface area contributed by atoms with Gasteiger partial charge >= 0.3 is 6.18 Å². The number of ether oxygens (including phenoxy) is 1. The molecule has 0 aliphatic rings. The second kappa shape index (κ2) is 7.86. The van der Waals surface area contributed by atoms with E-state index < -0.39 is 39.3 Å². The van der Waals surface area contributed by atoms with Crippen LogP contribution in [0.15, 0.2) is 52.4 Å². The van der Waals surface area contributed by atoms with Gasteiger partial charge in [0.05, 0.1) is 10.5 Å². The summed E-state index contributed by atoms with van der Waals surface area (Å²) in [6, 6.07) is 7.78. The highest BCUT2D eigenvalue weighted by Crippen LogP contribution is 2.39. The van der Waals surface area contributed by atoms with Gasteiger partial charge in [-0.2, -0.15) is 18.2 Å². The molecule has 1 amide bonds. The molecule has 8 nitrogen and oxygen atoms in total. The Balaban J connectivity index is 2.40. The average Bonchev–Trinajstić information content (AvgIpc) is 2.61. The average molecular weight is 415 g/mol. The number of carbonyl (C=O) groups is 1. The zero-order valence-electron chi connectivity index (χ0n) is 14.4. The number of guanidine groups is 1. The SMILES string of the molecule is CNS(=N)(=O)c1ccc(Oc2ccc(C(=O)N=C(N)N)cc2C(F)(F)F)cc1. The zero-order chi connectivity index (χ0) is 21.1. The van der Waals surface area contributed by atoms with E-state index in [1.807, 2.05) is 0 Å². The second-order valence-corrected chi connectivity index (χ2v) is 7.38. The van der Waals surface area contributed by atoms with Gasteiger partial charge in [-0.3, -0.25) is 4.79 Å². The number of carbonyl (C=O) groups excluding carboxylic acids is 1. The van der Waals surface area contributed by atoms with Crippen LogP contribution in [-0.2, 0) is 16.1 Å². The monoisotopic (exact) mass is 415 g/mol. The van der Waals surface area contributed by atoms with Gasteiger partial charge in [-0.25, -0.2) is 13.7 Å². The van der Waals surface area contributed by atoms with Crippen LogP contribution in [0.3, 0.4) is 0 Å². The molecule has 2 rings (SSSR count). The predicted octanol–water partition coefficient (Wildman–Crippen LogP) is 2.45. The quantitative estimate of drug-likeness (QED) is 0.438. The van der Waals surface area contributed by atoms with E-state index in [1.165, 1.54) is 31.3 Å². The summed E-state index contributed by atoms with van der Waals surface area (Å²) in [4.78, 5) is 15.1. The third-order valence-corrected chi connectivity index (χ3v) is 4.94. The van der Waals surface area contributed by atoms with Crippen molar-refractivity contribution >= 4 is 21.8 Å². The molecule has 150 valence electrons. The van der Waals surface area contributed by atoms with Crippen molar-refractivity contribution in [2.45, 2.75) is 11.1 Å². The molecule has 0 aliphatic carbocycles. The molecule has 0 spiro atoms. The number of hydrogen-bond acceptors (Lipinski definition) is 4. The summed E-state index contributed by atoms with van der Waals surface area (Å²) >= 11 is 0. The van der Waals surface area contributed by atoms with E-state index in [0.717, 1.165) is 12.1 Å². The van der Waals surface area contributed by atoms with E-state index in [-0.39, 0.29) is 16.2 Å². The van der Waals surface area contributed by atoms with Crippen molar-refractivity contribution in [2.24, 2.45) is 16.5 Å². The number of rotatable bonds is 5. The number of alkyl halides is 3. The molecular formula is C16H16F3N5O3S. The van der Waals surface area contributed by atoms with Gasteiger partial charge in [0.1, 0.15) is 21.4 Å². The van der Waals surface area contributed by atoms with Gasteiger partial charge in [-0.1, -0.05) is 0 Å². The van der Waals surface area contributed by atoms with Crippen molar-refractivity contribution in [3.8, 4) is 11.5 Å². The summed E-state index contributed by atoms with van der Waals surface area (Å²) in [7, 11) is -1.85. The fourth-order valence-corrected chi connectivity index (χ4v) is 2.85. The number of nitrogens with zero attached hydrogens (tertiary/aromatic N) is 1. The van der Waals surface area contributed by atoms with Crippen LogP contribution in [0.4, 0.5) is 13.2 Å². The maximum absolute atomic E-state index is 13.4. The summed E-state index contributed by atoms with van der Waals surface area (Å²) in [5, 5.41) is 0. The topological polar surface area (TPSA) is 144 Å². The number of nitrogens with one attached hydrogen (secondary N) is 2. The van der Waals surface area contributed by atoms with E-state index in [9.17, 15) is 22.2 Å². The lowest BCUT2D eigenvalue weighted by Crippen LogP contribution is -2.24. The Bertz CT molecular complexity index is 1010. The summed E-state index contributed by atoms with van der Waals surface area (Å²) in [6.45, 7) is 0. The van der Waals surface area contributed by atoms with Crippen molar-refractivity contribution in [2.75, 3.05) is 7.05 Å². The Labute approximate surface area is 158 Å². The number of nitrogens with two attached hydrogens (primary N) is 2. The van der Waals surface area contributed by atoms with Gasteiger partial charge in [-0.05, 0) is 49.5 Å². The first-order chi connectivity index (χ1) is 12.9. The number of hydrogen-bond donors (Lipinski definition) is 4. The first-order valence-electron chi connectivity index (χ1n) is 7.54. The molecule has 0 heterocycles. The van der Waals surface area contributed by atoms with E-state index in [0.29, 0.717) is 6.07 Å². The van der Waals surface area contributed by atoms with E-state index in [1.54, 1.807) is 0 Å². The van der Waals surface area contributed by atoms with Crippen LogP contribution >= 0.6 is 0 Å². The van der Waals surface area contributed by atoms with Crippen molar-refractivity contribution in [1.29, 1.82) is 4.78 Å². The minimum absolute atomic E-state index is 0.0175. The maximum Gasteiger partial charge on any atom is 0.420 e. The first-order valence-corrected chi connectivity index (χ1v) is 9.10. The number of benzene rings is 2. The number of halogens is 3. The van der Waals surface area contributed by atoms with Crippen LogP contribution in [0.2, 0.25) is 0 Å². The molecule has 0 saturated carbocycles.